The molecule has 0 aromatic heterocycles. The van der Waals surface area contributed by atoms with E-state index in [1.54, 1.807) is 0 Å². The van der Waals surface area contributed by atoms with Crippen molar-refractivity contribution < 1.29 is 14.9 Å². The molecule has 0 fully saturated rings. The molecule has 1 aliphatic rings. The zero-order valence-electron chi connectivity index (χ0n) is 16.8. The van der Waals surface area contributed by atoms with Crippen LogP contribution in [0.3, 0.4) is 0 Å². The zero-order chi connectivity index (χ0) is 19.8. The average molecular weight is 385 g/mol. The molecule has 0 amide bonds. The summed E-state index contributed by atoms with van der Waals surface area (Å²) in [6, 6.07) is 16.6. The summed E-state index contributed by atoms with van der Waals surface area (Å²) in [6.07, 6.45) is 1.30. The molecule has 1 atom stereocenters. The van der Waals surface area contributed by atoms with Crippen molar-refractivity contribution in [2.24, 2.45) is 0 Å². The summed E-state index contributed by atoms with van der Waals surface area (Å²) in [4.78, 5) is 4.47. The minimum Gasteiger partial charge on any atom is -0.491 e. The largest absolute Gasteiger partial charge is 0.491 e. The monoisotopic (exact) mass is 384 g/mol. The number of hydrogen-bond acceptors (Lipinski definition) is 5. The second-order valence-electron chi connectivity index (χ2n) is 7.68. The second kappa shape index (κ2) is 10.6. The van der Waals surface area contributed by atoms with Crippen molar-refractivity contribution in [1.29, 1.82) is 0 Å². The predicted octanol–water partition coefficient (Wildman–Crippen LogP) is 2.30. The lowest BCUT2D eigenvalue weighted by Gasteiger charge is -2.30. The lowest BCUT2D eigenvalue weighted by molar-refractivity contribution is 0.0637. The van der Waals surface area contributed by atoms with E-state index in [1.807, 2.05) is 25.2 Å². The van der Waals surface area contributed by atoms with Gasteiger partial charge in [-0.15, -0.1) is 0 Å². The van der Waals surface area contributed by atoms with Gasteiger partial charge < -0.3 is 19.8 Å². The van der Waals surface area contributed by atoms with Gasteiger partial charge in [-0.05, 0) is 48.7 Å². The maximum absolute atomic E-state index is 10.4. The first-order valence-corrected chi connectivity index (χ1v) is 10.1. The lowest BCUT2D eigenvalue weighted by Crippen LogP contribution is -2.38. The Morgan fingerprint density at radius 2 is 1.96 bits per heavy atom. The lowest BCUT2D eigenvalue weighted by atomic mass is 10.00. The van der Waals surface area contributed by atoms with Crippen molar-refractivity contribution in [1.82, 2.24) is 9.80 Å². The molecule has 152 valence electrons. The van der Waals surface area contributed by atoms with E-state index in [0.717, 1.165) is 44.8 Å². The fourth-order valence-corrected chi connectivity index (χ4v) is 3.72. The van der Waals surface area contributed by atoms with Crippen molar-refractivity contribution in [3.63, 3.8) is 0 Å². The summed E-state index contributed by atoms with van der Waals surface area (Å²) in [5.74, 6) is 0.788. The second-order valence-corrected chi connectivity index (χ2v) is 7.68. The van der Waals surface area contributed by atoms with Crippen LogP contribution in [-0.2, 0) is 19.5 Å². The Bertz CT molecular complexity index is 737. The summed E-state index contributed by atoms with van der Waals surface area (Å²) in [5.41, 5.74) is 3.95. The molecule has 2 aromatic rings. The minimum absolute atomic E-state index is 0.216. The normalized spacial score (nSPS) is 15.4. The first-order valence-electron chi connectivity index (χ1n) is 10.1. The number of rotatable bonds is 10. The van der Waals surface area contributed by atoms with Crippen molar-refractivity contribution >= 4 is 0 Å². The van der Waals surface area contributed by atoms with E-state index in [9.17, 15) is 5.11 Å². The van der Waals surface area contributed by atoms with Gasteiger partial charge in [-0.25, -0.2) is 0 Å². The summed E-state index contributed by atoms with van der Waals surface area (Å²) < 4.78 is 5.85. The van der Waals surface area contributed by atoms with Crippen molar-refractivity contribution in [2.75, 3.05) is 39.9 Å². The quantitative estimate of drug-likeness (QED) is 0.658. The number of fused-ring (bicyclic) bond motifs is 1. The molecule has 28 heavy (non-hydrogen) atoms. The van der Waals surface area contributed by atoms with Crippen LogP contribution in [0.15, 0.2) is 48.5 Å². The van der Waals surface area contributed by atoms with Gasteiger partial charge in [-0.1, -0.05) is 36.4 Å². The van der Waals surface area contributed by atoms with Crippen LogP contribution >= 0.6 is 0 Å². The number of nitrogens with zero attached hydrogens (tertiary/aromatic N) is 2. The van der Waals surface area contributed by atoms with Crippen LogP contribution in [0.25, 0.3) is 0 Å². The molecule has 1 heterocycles. The minimum atomic E-state index is -0.513. The molecule has 2 aromatic carbocycles. The molecule has 0 bridgehead atoms. The molecule has 5 nitrogen and oxygen atoms in total. The van der Waals surface area contributed by atoms with Crippen molar-refractivity contribution in [2.45, 2.75) is 32.0 Å². The van der Waals surface area contributed by atoms with Gasteiger partial charge >= 0.3 is 0 Å². The van der Waals surface area contributed by atoms with Crippen LogP contribution in [0, 0.1) is 0 Å². The third kappa shape index (κ3) is 6.31. The van der Waals surface area contributed by atoms with E-state index in [-0.39, 0.29) is 6.61 Å². The van der Waals surface area contributed by atoms with Gasteiger partial charge in [-0.3, -0.25) is 4.90 Å². The van der Waals surface area contributed by atoms with E-state index in [0.29, 0.717) is 13.2 Å². The van der Waals surface area contributed by atoms with Gasteiger partial charge in [0.2, 0.25) is 0 Å². The maximum atomic E-state index is 10.4. The summed E-state index contributed by atoms with van der Waals surface area (Å²) >= 11 is 0. The standard InChI is InChI=1S/C23H32N2O3/c1-24(11-5-13-26)15-19-6-4-9-23(14-19)28-18-22(27)17-25-12-10-20-7-2-3-8-21(20)16-25/h2-4,6-9,14,22,26-27H,5,10-13,15-18H2,1H3/t22-/m1/s1. The van der Waals surface area contributed by atoms with Crippen LogP contribution < -0.4 is 4.74 Å². The highest BCUT2D eigenvalue weighted by molar-refractivity contribution is 5.29. The highest BCUT2D eigenvalue weighted by atomic mass is 16.5. The number of hydrogen-bond donors (Lipinski definition) is 2. The Morgan fingerprint density at radius 1 is 1.14 bits per heavy atom. The van der Waals surface area contributed by atoms with Gasteiger partial charge in [0.05, 0.1) is 0 Å². The number of ether oxygens (including phenoxy) is 1. The Hall–Kier alpha value is -1.92. The molecule has 0 aliphatic carbocycles. The molecule has 0 saturated heterocycles. The Labute approximate surface area is 168 Å². The zero-order valence-corrected chi connectivity index (χ0v) is 16.8. The van der Waals surface area contributed by atoms with E-state index in [4.69, 9.17) is 9.84 Å². The molecule has 5 heteroatoms. The van der Waals surface area contributed by atoms with Gasteiger partial charge in [0, 0.05) is 39.3 Å². The SMILES string of the molecule is CN(CCCO)Cc1cccc(OC[C@H](O)CN2CCc3ccccc3C2)c1. The molecule has 0 radical (unpaired) electrons. The highest BCUT2D eigenvalue weighted by Gasteiger charge is 2.18. The van der Waals surface area contributed by atoms with Gasteiger partial charge in [0.1, 0.15) is 18.5 Å². The first kappa shape index (κ1) is 20.8. The molecule has 0 unspecified atom stereocenters. The fourth-order valence-electron chi connectivity index (χ4n) is 3.72. The third-order valence-electron chi connectivity index (χ3n) is 5.17. The molecule has 0 spiro atoms. The summed E-state index contributed by atoms with van der Waals surface area (Å²) in [6.45, 7) is 4.67. The number of aliphatic hydroxyl groups excluding tert-OH is 2. The predicted molar refractivity (Wildman–Crippen MR) is 111 cm³/mol. The third-order valence-corrected chi connectivity index (χ3v) is 5.17. The Morgan fingerprint density at radius 3 is 2.79 bits per heavy atom. The van der Waals surface area contributed by atoms with Gasteiger partial charge in [0.15, 0.2) is 0 Å². The molecular formula is C23H32N2O3. The average Bonchev–Trinajstić information content (AvgIpc) is 2.71. The smallest absolute Gasteiger partial charge is 0.119 e. The van der Waals surface area contributed by atoms with E-state index < -0.39 is 6.10 Å². The van der Waals surface area contributed by atoms with Crippen molar-refractivity contribution in [3.05, 3.63) is 65.2 Å². The maximum Gasteiger partial charge on any atom is 0.119 e. The topological polar surface area (TPSA) is 56.2 Å². The van der Waals surface area contributed by atoms with Crippen LogP contribution in [0.2, 0.25) is 0 Å². The van der Waals surface area contributed by atoms with Gasteiger partial charge in [0.25, 0.3) is 0 Å². The highest BCUT2D eigenvalue weighted by Crippen LogP contribution is 2.19. The summed E-state index contributed by atoms with van der Waals surface area (Å²) in [7, 11) is 2.05. The molecular weight excluding hydrogens is 352 g/mol. The van der Waals surface area contributed by atoms with Crippen molar-refractivity contribution in [3.8, 4) is 5.75 Å². The fraction of sp³-hybridized carbons (Fsp3) is 0.478. The number of aliphatic hydroxyl groups is 2. The summed E-state index contributed by atoms with van der Waals surface area (Å²) in [5, 5.41) is 19.4. The van der Waals surface area contributed by atoms with E-state index in [1.165, 1.54) is 16.7 Å². The number of benzene rings is 2. The van der Waals surface area contributed by atoms with Crippen LogP contribution in [0.5, 0.6) is 5.75 Å². The van der Waals surface area contributed by atoms with Crippen LogP contribution in [0.4, 0.5) is 0 Å². The molecule has 3 rings (SSSR count). The molecule has 1 aliphatic heterocycles. The Balaban J connectivity index is 1.44. The number of β-amino-alcohol motifs (C(OH)–C–C–N with tert-alkyl or cyclic N) is 1. The van der Waals surface area contributed by atoms with E-state index >= 15 is 0 Å². The van der Waals surface area contributed by atoms with Gasteiger partial charge in [-0.2, -0.15) is 0 Å². The Kier molecular flexibility index (Phi) is 7.86. The molecule has 2 N–H and O–H groups in total. The van der Waals surface area contributed by atoms with E-state index in [2.05, 4.69) is 40.1 Å². The molecule has 0 saturated carbocycles. The first-order chi connectivity index (χ1) is 13.6. The van der Waals surface area contributed by atoms with Crippen LogP contribution in [-0.4, -0.2) is 66.0 Å². The van der Waals surface area contributed by atoms with Crippen LogP contribution in [0.1, 0.15) is 23.1 Å².